The predicted octanol–water partition coefficient (Wildman–Crippen LogP) is 1.79. The number of H-pyrrole nitrogens is 1. The van der Waals surface area contributed by atoms with Crippen LogP contribution >= 0.6 is 0 Å². The molecule has 0 radical (unpaired) electrons. The molecule has 0 bridgehead atoms. The second kappa shape index (κ2) is 6.98. The molecule has 0 aliphatic rings. The SMILES string of the molecule is COc1nc(N)c2c(/C=C/CNC(=O)C(F)(F)F)c([Si](C)(C)C)[nH]c2n1. The lowest BCUT2D eigenvalue weighted by Crippen LogP contribution is -2.40. The van der Waals surface area contributed by atoms with Crippen LogP contribution in [0.5, 0.6) is 6.01 Å². The minimum atomic E-state index is -4.91. The van der Waals surface area contributed by atoms with Crippen LogP contribution in [0.1, 0.15) is 5.56 Å². The number of amides is 1. The fraction of sp³-hybridized carbons (Fsp3) is 0.400. The fourth-order valence-electron chi connectivity index (χ4n) is 2.40. The average molecular weight is 387 g/mol. The number of carbonyl (C=O) groups excluding carboxylic acids is 1. The lowest BCUT2D eigenvalue weighted by molar-refractivity contribution is -0.173. The summed E-state index contributed by atoms with van der Waals surface area (Å²) in [4.78, 5) is 22.4. The molecule has 0 atom stereocenters. The number of hydrogen-bond acceptors (Lipinski definition) is 5. The highest BCUT2D eigenvalue weighted by atomic mass is 28.3. The maximum Gasteiger partial charge on any atom is 0.471 e. The molecule has 26 heavy (non-hydrogen) atoms. The Morgan fingerprint density at radius 3 is 2.54 bits per heavy atom. The molecule has 142 valence electrons. The number of hydrogen-bond donors (Lipinski definition) is 3. The van der Waals surface area contributed by atoms with Crippen molar-refractivity contribution < 1.29 is 22.7 Å². The number of anilines is 1. The Balaban J connectivity index is 2.41. The van der Waals surface area contributed by atoms with Crippen molar-refractivity contribution in [1.82, 2.24) is 20.3 Å². The number of nitrogens with zero attached hydrogens (tertiary/aromatic N) is 2. The van der Waals surface area contributed by atoms with E-state index in [1.54, 1.807) is 11.4 Å². The Labute approximate surface area is 148 Å². The molecule has 4 N–H and O–H groups in total. The normalized spacial score (nSPS) is 12.7. The van der Waals surface area contributed by atoms with E-state index in [0.29, 0.717) is 16.6 Å². The highest BCUT2D eigenvalue weighted by molar-refractivity contribution is 6.89. The number of aromatic nitrogens is 3. The maximum atomic E-state index is 12.2. The molecule has 2 aromatic rings. The van der Waals surface area contributed by atoms with E-state index in [1.807, 2.05) is 0 Å². The van der Waals surface area contributed by atoms with Gasteiger partial charge in [0.25, 0.3) is 0 Å². The monoisotopic (exact) mass is 387 g/mol. The summed E-state index contributed by atoms with van der Waals surface area (Å²) in [6, 6.07) is 0.117. The van der Waals surface area contributed by atoms with Crippen LogP contribution in [-0.2, 0) is 4.79 Å². The third-order valence-electron chi connectivity index (χ3n) is 3.55. The largest absolute Gasteiger partial charge is 0.471 e. The summed E-state index contributed by atoms with van der Waals surface area (Å²) in [5.74, 6) is -1.79. The molecule has 0 aliphatic carbocycles. The van der Waals surface area contributed by atoms with Crippen LogP contribution < -0.4 is 21.1 Å². The number of halogens is 3. The first-order valence-corrected chi connectivity index (χ1v) is 11.2. The first-order chi connectivity index (χ1) is 11.9. The van der Waals surface area contributed by atoms with Crippen molar-refractivity contribution in [3.05, 3.63) is 11.6 Å². The van der Waals surface area contributed by atoms with E-state index in [4.69, 9.17) is 10.5 Å². The van der Waals surface area contributed by atoms with Gasteiger partial charge in [-0.05, 0) is 0 Å². The van der Waals surface area contributed by atoms with Crippen molar-refractivity contribution in [1.29, 1.82) is 0 Å². The average Bonchev–Trinajstić information content (AvgIpc) is 2.89. The zero-order valence-corrected chi connectivity index (χ0v) is 15.8. The minimum absolute atomic E-state index is 0.117. The Morgan fingerprint density at radius 2 is 2.00 bits per heavy atom. The molecule has 11 heteroatoms. The standard InChI is InChI=1S/C15H20F3N5O2Si/c1-25-14-21-10(19)9-8(6-5-7-20-13(24)15(16,17)18)12(26(2,3)4)22-11(9)23-14/h5-6H,7H2,1-4H3,(H,20,24)(H3,19,21,22,23)/b6-5+. The highest BCUT2D eigenvalue weighted by Crippen LogP contribution is 2.26. The molecular formula is C15H20F3N5O2Si. The van der Waals surface area contributed by atoms with E-state index in [1.165, 1.54) is 13.2 Å². The van der Waals surface area contributed by atoms with Crippen LogP contribution in [0.3, 0.4) is 0 Å². The van der Waals surface area contributed by atoms with Crippen molar-refractivity contribution in [3.63, 3.8) is 0 Å². The van der Waals surface area contributed by atoms with E-state index < -0.39 is 20.2 Å². The molecule has 0 aliphatic heterocycles. The van der Waals surface area contributed by atoms with E-state index in [2.05, 4.69) is 34.6 Å². The zero-order valence-electron chi connectivity index (χ0n) is 14.8. The molecular weight excluding hydrogens is 367 g/mol. The van der Waals surface area contributed by atoms with Gasteiger partial charge in [-0.3, -0.25) is 4.79 Å². The molecule has 0 saturated carbocycles. The van der Waals surface area contributed by atoms with Gasteiger partial charge in [0, 0.05) is 17.4 Å². The summed E-state index contributed by atoms with van der Waals surface area (Å²) >= 11 is 0. The van der Waals surface area contributed by atoms with Gasteiger partial charge in [0.2, 0.25) is 0 Å². The molecule has 7 nitrogen and oxygen atoms in total. The molecule has 2 heterocycles. The number of methoxy groups -OCH3 is 1. The second-order valence-corrected chi connectivity index (χ2v) is 11.6. The van der Waals surface area contributed by atoms with Gasteiger partial charge >= 0.3 is 18.1 Å². The number of fused-ring (bicyclic) bond motifs is 1. The molecule has 0 unspecified atom stereocenters. The van der Waals surface area contributed by atoms with Crippen molar-refractivity contribution in [2.24, 2.45) is 0 Å². The maximum absolute atomic E-state index is 12.2. The Morgan fingerprint density at radius 1 is 1.35 bits per heavy atom. The van der Waals surface area contributed by atoms with Gasteiger partial charge in [0.1, 0.15) is 11.5 Å². The lowest BCUT2D eigenvalue weighted by atomic mass is 10.2. The van der Waals surface area contributed by atoms with E-state index in [-0.39, 0.29) is 18.4 Å². The smallest absolute Gasteiger partial charge is 0.467 e. The van der Waals surface area contributed by atoms with Crippen molar-refractivity contribution >= 4 is 42.2 Å². The zero-order chi connectivity index (χ0) is 19.7. The first-order valence-electron chi connectivity index (χ1n) is 7.70. The lowest BCUT2D eigenvalue weighted by Gasteiger charge is -2.15. The Bertz CT molecular complexity index is 856. The number of nitrogens with two attached hydrogens (primary N) is 1. The Hall–Kier alpha value is -2.56. The van der Waals surface area contributed by atoms with Crippen LogP contribution in [0.25, 0.3) is 17.1 Å². The van der Waals surface area contributed by atoms with Crippen LogP contribution in [0.15, 0.2) is 6.08 Å². The molecule has 0 spiro atoms. The van der Waals surface area contributed by atoms with Gasteiger partial charge in [-0.15, -0.1) is 0 Å². The van der Waals surface area contributed by atoms with Crippen LogP contribution in [0.2, 0.25) is 19.6 Å². The topological polar surface area (TPSA) is 106 Å². The van der Waals surface area contributed by atoms with Gasteiger partial charge in [0.05, 0.1) is 20.6 Å². The number of rotatable bonds is 5. The molecule has 2 aromatic heterocycles. The van der Waals surface area contributed by atoms with E-state index >= 15 is 0 Å². The van der Waals surface area contributed by atoms with E-state index in [0.717, 1.165) is 5.32 Å². The quantitative estimate of drug-likeness (QED) is 0.678. The number of ether oxygens (including phenoxy) is 1. The number of nitrogen functional groups attached to an aromatic ring is 1. The summed E-state index contributed by atoms with van der Waals surface area (Å²) in [6.45, 7) is 6.02. The second-order valence-electron chi connectivity index (χ2n) is 6.59. The number of aromatic amines is 1. The summed E-state index contributed by atoms with van der Waals surface area (Å²) < 4.78 is 41.7. The first kappa shape index (κ1) is 19.8. The minimum Gasteiger partial charge on any atom is -0.467 e. The van der Waals surface area contributed by atoms with Crippen molar-refractivity contribution in [2.75, 3.05) is 19.4 Å². The summed E-state index contributed by atoms with van der Waals surface area (Å²) in [7, 11) is -0.438. The van der Waals surface area contributed by atoms with Crippen LogP contribution in [0.4, 0.5) is 19.0 Å². The third kappa shape index (κ3) is 4.15. The summed E-state index contributed by atoms with van der Waals surface area (Å²) in [5, 5.41) is 3.28. The molecule has 1 amide bonds. The third-order valence-corrected chi connectivity index (χ3v) is 5.45. The van der Waals surface area contributed by atoms with Crippen LogP contribution in [0, 0.1) is 0 Å². The Kier molecular flexibility index (Phi) is 5.30. The van der Waals surface area contributed by atoms with Gasteiger partial charge in [0.15, 0.2) is 0 Å². The predicted molar refractivity (Wildman–Crippen MR) is 95.9 cm³/mol. The molecule has 2 rings (SSSR count). The van der Waals surface area contributed by atoms with Gasteiger partial charge in [-0.2, -0.15) is 23.1 Å². The van der Waals surface area contributed by atoms with Gasteiger partial charge in [-0.1, -0.05) is 31.8 Å². The fourth-order valence-corrected chi connectivity index (χ4v) is 3.91. The number of nitrogens with one attached hydrogen (secondary N) is 2. The highest BCUT2D eigenvalue weighted by Gasteiger charge is 2.38. The van der Waals surface area contributed by atoms with Crippen molar-refractivity contribution in [2.45, 2.75) is 25.8 Å². The van der Waals surface area contributed by atoms with Crippen molar-refractivity contribution in [3.8, 4) is 6.01 Å². The molecule has 0 fully saturated rings. The molecule has 0 saturated heterocycles. The number of alkyl halides is 3. The number of carbonyl (C=O) groups is 1. The summed E-state index contributed by atoms with van der Waals surface area (Å²) in [5.41, 5.74) is 7.21. The summed E-state index contributed by atoms with van der Waals surface area (Å²) in [6.07, 6.45) is -1.86. The van der Waals surface area contributed by atoms with Gasteiger partial charge in [-0.25, -0.2) is 0 Å². The molecule has 0 aromatic carbocycles. The van der Waals surface area contributed by atoms with Crippen LogP contribution in [-0.4, -0.2) is 48.8 Å². The van der Waals surface area contributed by atoms with E-state index in [9.17, 15) is 18.0 Å². The van der Waals surface area contributed by atoms with Gasteiger partial charge < -0.3 is 20.8 Å².